The molecule has 1 rings (SSSR count). The van der Waals surface area contributed by atoms with E-state index in [-0.39, 0.29) is 5.91 Å². The van der Waals surface area contributed by atoms with E-state index in [0.29, 0.717) is 36.2 Å². The Labute approximate surface area is 143 Å². The number of halogens is 1. The number of nitrogens with one attached hydrogen (secondary N) is 1. The predicted octanol–water partition coefficient (Wildman–Crippen LogP) is 4.17. The van der Waals surface area contributed by atoms with Crippen LogP contribution in [0.1, 0.15) is 52.0 Å². The lowest BCUT2D eigenvalue weighted by Crippen LogP contribution is -2.16. The Hall–Kier alpha value is -1.75. The Morgan fingerprint density at radius 1 is 1.26 bits per heavy atom. The summed E-state index contributed by atoms with van der Waals surface area (Å²) in [6.45, 7) is 7.03. The quantitative estimate of drug-likeness (QED) is 0.513. The van der Waals surface area contributed by atoms with E-state index in [1.807, 2.05) is 20.8 Å². The van der Waals surface area contributed by atoms with Crippen molar-refractivity contribution in [2.24, 2.45) is 5.10 Å². The lowest BCUT2D eigenvalue weighted by Gasteiger charge is -2.13. The number of hydrogen-bond acceptors (Lipinski definition) is 4. The summed E-state index contributed by atoms with van der Waals surface area (Å²) in [6, 6.07) is 3.53. The van der Waals surface area contributed by atoms with E-state index in [1.165, 1.54) is 0 Å². The topological polar surface area (TPSA) is 59.9 Å². The standard InChI is InChI=1S/C17H25ClN2O3/c1-4-7-8-16(21)20-19-12-13-10-14(18)17(23-9-5-2)15(11-13)22-6-3/h10-12H,4-9H2,1-3H3,(H,20,21)/b19-12+. The lowest BCUT2D eigenvalue weighted by molar-refractivity contribution is -0.121. The largest absolute Gasteiger partial charge is 0.490 e. The zero-order chi connectivity index (χ0) is 17.1. The van der Waals surface area contributed by atoms with Crippen LogP contribution in [0.4, 0.5) is 0 Å². The average molecular weight is 341 g/mol. The monoisotopic (exact) mass is 340 g/mol. The summed E-state index contributed by atoms with van der Waals surface area (Å²) in [7, 11) is 0. The molecule has 0 bridgehead atoms. The van der Waals surface area contributed by atoms with Crippen LogP contribution in [0.3, 0.4) is 0 Å². The van der Waals surface area contributed by atoms with Gasteiger partial charge in [0.05, 0.1) is 24.5 Å². The van der Waals surface area contributed by atoms with E-state index in [1.54, 1.807) is 18.3 Å². The summed E-state index contributed by atoms with van der Waals surface area (Å²) in [5, 5.41) is 4.41. The number of hydrazone groups is 1. The first kappa shape index (κ1) is 19.3. The van der Waals surface area contributed by atoms with Gasteiger partial charge >= 0.3 is 0 Å². The highest BCUT2D eigenvalue weighted by Crippen LogP contribution is 2.36. The second kappa shape index (κ2) is 10.9. The molecule has 0 saturated carbocycles. The van der Waals surface area contributed by atoms with Crippen molar-refractivity contribution in [2.75, 3.05) is 13.2 Å². The fourth-order valence-electron chi connectivity index (χ4n) is 1.84. The summed E-state index contributed by atoms with van der Waals surface area (Å²) in [6.07, 6.45) is 4.73. The van der Waals surface area contributed by atoms with Crippen molar-refractivity contribution >= 4 is 23.7 Å². The SMILES string of the molecule is CCCCC(=O)N/N=C/c1cc(Cl)c(OCCC)c(OCC)c1. The molecule has 0 aromatic heterocycles. The molecule has 6 heteroatoms. The van der Waals surface area contributed by atoms with Crippen molar-refractivity contribution in [2.45, 2.75) is 46.5 Å². The van der Waals surface area contributed by atoms with E-state index >= 15 is 0 Å². The van der Waals surface area contributed by atoms with Gasteiger partial charge in [-0.25, -0.2) is 5.43 Å². The Bertz CT molecular complexity index is 533. The Balaban J connectivity index is 2.81. The molecule has 0 heterocycles. The molecule has 1 amide bonds. The highest BCUT2D eigenvalue weighted by molar-refractivity contribution is 6.32. The number of carbonyl (C=O) groups is 1. The number of amides is 1. The van der Waals surface area contributed by atoms with Crippen LogP contribution in [0, 0.1) is 0 Å². The highest BCUT2D eigenvalue weighted by Gasteiger charge is 2.12. The summed E-state index contributed by atoms with van der Waals surface area (Å²) < 4.78 is 11.2. The minimum atomic E-state index is -0.0953. The van der Waals surface area contributed by atoms with Crippen LogP contribution in [-0.4, -0.2) is 25.3 Å². The first-order valence-corrected chi connectivity index (χ1v) is 8.41. The minimum absolute atomic E-state index is 0.0953. The van der Waals surface area contributed by atoms with Gasteiger partial charge in [0.2, 0.25) is 5.91 Å². The summed E-state index contributed by atoms with van der Waals surface area (Å²) in [5.74, 6) is 1.02. The molecule has 0 fully saturated rings. The third kappa shape index (κ3) is 6.91. The molecule has 0 radical (unpaired) electrons. The Morgan fingerprint density at radius 2 is 2.04 bits per heavy atom. The van der Waals surface area contributed by atoms with Crippen molar-refractivity contribution in [3.05, 3.63) is 22.7 Å². The lowest BCUT2D eigenvalue weighted by atomic mass is 10.2. The van der Waals surface area contributed by atoms with Crippen LogP contribution >= 0.6 is 11.6 Å². The summed E-state index contributed by atoms with van der Waals surface area (Å²) >= 11 is 6.26. The van der Waals surface area contributed by atoms with E-state index in [9.17, 15) is 4.79 Å². The molecule has 0 aliphatic carbocycles. The molecule has 1 aromatic rings. The van der Waals surface area contributed by atoms with Gasteiger partial charge in [-0.3, -0.25) is 4.79 Å². The molecule has 0 aliphatic heterocycles. The molecular formula is C17H25ClN2O3. The first-order valence-electron chi connectivity index (χ1n) is 8.03. The molecule has 0 aliphatic rings. The van der Waals surface area contributed by atoms with Gasteiger partial charge in [-0.2, -0.15) is 5.10 Å². The third-order valence-corrected chi connectivity index (χ3v) is 3.22. The highest BCUT2D eigenvalue weighted by atomic mass is 35.5. The van der Waals surface area contributed by atoms with Crippen LogP contribution in [0.2, 0.25) is 5.02 Å². The Kier molecular flexibility index (Phi) is 9.14. The maximum Gasteiger partial charge on any atom is 0.240 e. The van der Waals surface area contributed by atoms with E-state index < -0.39 is 0 Å². The minimum Gasteiger partial charge on any atom is -0.490 e. The fourth-order valence-corrected chi connectivity index (χ4v) is 2.12. The number of carbonyl (C=O) groups excluding carboxylic acids is 1. The van der Waals surface area contributed by atoms with Crippen LogP contribution in [0.25, 0.3) is 0 Å². The van der Waals surface area contributed by atoms with Crippen LogP contribution in [0.5, 0.6) is 11.5 Å². The van der Waals surface area contributed by atoms with Gasteiger partial charge in [0.25, 0.3) is 0 Å². The second-order valence-corrected chi connectivity index (χ2v) is 5.42. The van der Waals surface area contributed by atoms with Gasteiger partial charge in [0, 0.05) is 6.42 Å². The van der Waals surface area contributed by atoms with Gasteiger partial charge in [-0.1, -0.05) is 31.9 Å². The fraction of sp³-hybridized carbons (Fsp3) is 0.529. The molecule has 1 N–H and O–H groups in total. The maximum absolute atomic E-state index is 11.5. The van der Waals surface area contributed by atoms with E-state index in [4.69, 9.17) is 21.1 Å². The normalized spacial score (nSPS) is 10.8. The van der Waals surface area contributed by atoms with Crippen molar-refractivity contribution in [3.8, 4) is 11.5 Å². The summed E-state index contributed by atoms with van der Waals surface area (Å²) in [4.78, 5) is 11.5. The number of unbranched alkanes of at least 4 members (excludes halogenated alkanes) is 1. The van der Waals surface area contributed by atoms with Crippen LogP contribution in [0.15, 0.2) is 17.2 Å². The number of ether oxygens (including phenoxy) is 2. The smallest absolute Gasteiger partial charge is 0.240 e. The Morgan fingerprint density at radius 3 is 2.70 bits per heavy atom. The molecule has 23 heavy (non-hydrogen) atoms. The molecule has 0 unspecified atom stereocenters. The third-order valence-electron chi connectivity index (χ3n) is 2.94. The van der Waals surface area contributed by atoms with Crippen molar-refractivity contribution in [3.63, 3.8) is 0 Å². The van der Waals surface area contributed by atoms with Gasteiger partial charge in [0.15, 0.2) is 11.5 Å². The van der Waals surface area contributed by atoms with Crippen molar-refractivity contribution < 1.29 is 14.3 Å². The predicted molar refractivity (Wildman–Crippen MR) is 93.7 cm³/mol. The van der Waals surface area contributed by atoms with Gasteiger partial charge in [-0.05, 0) is 37.5 Å². The molecule has 1 aromatic carbocycles. The number of nitrogens with zero attached hydrogens (tertiary/aromatic N) is 1. The van der Waals surface area contributed by atoms with Crippen molar-refractivity contribution in [1.82, 2.24) is 5.43 Å². The number of hydrogen-bond donors (Lipinski definition) is 1. The molecule has 0 saturated heterocycles. The average Bonchev–Trinajstić information content (AvgIpc) is 2.52. The number of rotatable bonds is 10. The molecule has 128 valence electrons. The molecule has 0 spiro atoms. The first-order chi connectivity index (χ1) is 11.1. The summed E-state index contributed by atoms with van der Waals surface area (Å²) in [5.41, 5.74) is 3.24. The van der Waals surface area contributed by atoms with E-state index in [0.717, 1.165) is 24.8 Å². The number of benzene rings is 1. The van der Waals surface area contributed by atoms with Gasteiger partial charge in [-0.15, -0.1) is 0 Å². The van der Waals surface area contributed by atoms with E-state index in [2.05, 4.69) is 10.5 Å². The van der Waals surface area contributed by atoms with Crippen molar-refractivity contribution in [1.29, 1.82) is 0 Å². The zero-order valence-electron chi connectivity index (χ0n) is 14.0. The molecule has 0 atom stereocenters. The second-order valence-electron chi connectivity index (χ2n) is 5.01. The molecular weight excluding hydrogens is 316 g/mol. The van der Waals surface area contributed by atoms with Gasteiger partial charge in [0.1, 0.15) is 0 Å². The zero-order valence-corrected chi connectivity index (χ0v) is 14.8. The molecule has 5 nitrogen and oxygen atoms in total. The maximum atomic E-state index is 11.5. The van der Waals surface area contributed by atoms with Gasteiger partial charge < -0.3 is 9.47 Å². The van der Waals surface area contributed by atoms with Crippen LogP contribution in [-0.2, 0) is 4.79 Å². The van der Waals surface area contributed by atoms with Crippen LogP contribution < -0.4 is 14.9 Å².